The van der Waals surface area contributed by atoms with E-state index in [-0.39, 0.29) is 11.6 Å². The highest BCUT2D eigenvalue weighted by molar-refractivity contribution is 5.96. The van der Waals surface area contributed by atoms with E-state index < -0.39 is 0 Å². The summed E-state index contributed by atoms with van der Waals surface area (Å²) >= 11 is 0. The first-order valence-electron chi connectivity index (χ1n) is 6.35. The van der Waals surface area contributed by atoms with Crippen LogP contribution in [0.2, 0.25) is 0 Å². The fourth-order valence-electron chi connectivity index (χ4n) is 2.14. The molecule has 0 unspecified atom stereocenters. The van der Waals surface area contributed by atoms with E-state index in [1.807, 2.05) is 0 Å². The molecule has 4 heteroatoms. The molecule has 1 aromatic carbocycles. The van der Waals surface area contributed by atoms with Gasteiger partial charge in [-0.15, -0.1) is 0 Å². The Labute approximate surface area is 107 Å². The number of likely N-dealkylation sites (N-methyl/N-ethyl adjacent to an activating group) is 1. The van der Waals surface area contributed by atoms with E-state index in [9.17, 15) is 9.18 Å². The molecule has 0 radical (unpaired) electrons. The molecule has 0 amide bonds. The molecule has 98 valence electrons. The number of Topliss-reactive ketones (excluding diaryl/α,β-unsaturated/α-hetero) is 1. The van der Waals surface area contributed by atoms with Crippen LogP contribution in [0.3, 0.4) is 0 Å². The third kappa shape index (κ3) is 3.62. The van der Waals surface area contributed by atoms with E-state index in [1.165, 1.54) is 12.1 Å². The Morgan fingerprint density at radius 2 is 2.00 bits per heavy atom. The number of carbonyl (C=O) groups is 1. The molecule has 18 heavy (non-hydrogen) atoms. The summed E-state index contributed by atoms with van der Waals surface area (Å²) in [7, 11) is 2.11. The van der Waals surface area contributed by atoms with Gasteiger partial charge in [0.15, 0.2) is 5.78 Å². The van der Waals surface area contributed by atoms with Crippen molar-refractivity contribution in [2.75, 3.05) is 39.8 Å². The van der Waals surface area contributed by atoms with Gasteiger partial charge in [0.2, 0.25) is 0 Å². The first-order valence-corrected chi connectivity index (χ1v) is 6.35. The summed E-state index contributed by atoms with van der Waals surface area (Å²) < 4.78 is 13.0. The van der Waals surface area contributed by atoms with Crippen LogP contribution in [0.4, 0.5) is 4.39 Å². The molecule has 1 saturated heterocycles. The summed E-state index contributed by atoms with van der Waals surface area (Å²) in [6, 6.07) is 5.93. The fourth-order valence-corrected chi connectivity index (χ4v) is 2.14. The van der Waals surface area contributed by atoms with Crippen LogP contribution in [0, 0.1) is 5.82 Å². The topological polar surface area (TPSA) is 23.6 Å². The van der Waals surface area contributed by atoms with Crippen LogP contribution in [0.5, 0.6) is 0 Å². The molecule has 0 saturated carbocycles. The lowest BCUT2D eigenvalue weighted by Gasteiger charge is -2.32. The van der Waals surface area contributed by atoms with Gasteiger partial charge in [0.25, 0.3) is 0 Å². The van der Waals surface area contributed by atoms with Crippen LogP contribution in [-0.2, 0) is 0 Å². The molecule has 1 aliphatic rings. The summed E-state index contributed by atoms with van der Waals surface area (Å²) in [4.78, 5) is 16.5. The standard InChI is InChI=1S/C14H19FN2O/c1-16-7-9-17(10-8-16)6-5-14(18)12-3-2-4-13(15)11-12/h2-4,11H,5-10H2,1H3. The Balaban J connectivity index is 1.81. The minimum absolute atomic E-state index is 0.0217. The molecule has 1 fully saturated rings. The zero-order valence-corrected chi connectivity index (χ0v) is 10.7. The quantitative estimate of drug-likeness (QED) is 0.759. The smallest absolute Gasteiger partial charge is 0.164 e. The summed E-state index contributed by atoms with van der Waals surface area (Å²) in [6.07, 6.45) is 0.465. The molecule has 1 aliphatic heterocycles. The number of halogens is 1. The monoisotopic (exact) mass is 250 g/mol. The van der Waals surface area contributed by atoms with Crippen LogP contribution in [0.15, 0.2) is 24.3 Å². The SMILES string of the molecule is CN1CCN(CCC(=O)c2cccc(F)c2)CC1. The van der Waals surface area contributed by atoms with E-state index in [0.717, 1.165) is 32.7 Å². The number of rotatable bonds is 4. The minimum atomic E-state index is -0.347. The fraction of sp³-hybridized carbons (Fsp3) is 0.500. The van der Waals surface area contributed by atoms with Crippen molar-refractivity contribution in [3.8, 4) is 0 Å². The van der Waals surface area contributed by atoms with E-state index in [4.69, 9.17) is 0 Å². The second-order valence-electron chi connectivity index (χ2n) is 4.83. The third-order valence-corrected chi connectivity index (χ3v) is 3.40. The van der Waals surface area contributed by atoms with Gasteiger partial charge in [-0.05, 0) is 19.2 Å². The number of hydrogen-bond acceptors (Lipinski definition) is 3. The van der Waals surface area contributed by atoms with Gasteiger partial charge < -0.3 is 9.80 Å². The molecular weight excluding hydrogens is 231 g/mol. The average Bonchev–Trinajstić information content (AvgIpc) is 2.38. The third-order valence-electron chi connectivity index (χ3n) is 3.40. The van der Waals surface area contributed by atoms with Crippen molar-refractivity contribution in [1.82, 2.24) is 9.80 Å². The van der Waals surface area contributed by atoms with Gasteiger partial charge in [0, 0.05) is 44.7 Å². The number of carbonyl (C=O) groups excluding carboxylic acids is 1. The summed E-state index contributed by atoms with van der Waals surface area (Å²) in [6.45, 7) is 4.88. The lowest BCUT2D eigenvalue weighted by atomic mass is 10.1. The second-order valence-corrected chi connectivity index (χ2v) is 4.83. The number of piperazine rings is 1. The number of hydrogen-bond donors (Lipinski definition) is 0. The van der Waals surface area contributed by atoms with E-state index >= 15 is 0 Å². The minimum Gasteiger partial charge on any atom is -0.304 e. The van der Waals surface area contributed by atoms with Crippen molar-refractivity contribution >= 4 is 5.78 Å². The van der Waals surface area contributed by atoms with Crippen LogP contribution in [0.25, 0.3) is 0 Å². The first-order chi connectivity index (χ1) is 8.65. The zero-order chi connectivity index (χ0) is 13.0. The number of nitrogens with zero attached hydrogens (tertiary/aromatic N) is 2. The normalized spacial score (nSPS) is 17.9. The largest absolute Gasteiger partial charge is 0.304 e. The van der Waals surface area contributed by atoms with E-state index in [2.05, 4.69) is 16.8 Å². The van der Waals surface area contributed by atoms with Gasteiger partial charge in [-0.2, -0.15) is 0 Å². The molecule has 1 heterocycles. The molecule has 0 N–H and O–H groups in total. The predicted molar refractivity (Wildman–Crippen MR) is 69.3 cm³/mol. The van der Waals surface area contributed by atoms with Gasteiger partial charge in [-0.25, -0.2) is 4.39 Å². The number of ketones is 1. The van der Waals surface area contributed by atoms with Crippen molar-refractivity contribution in [1.29, 1.82) is 0 Å². The van der Waals surface area contributed by atoms with Crippen molar-refractivity contribution < 1.29 is 9.18 Å². The van der Waals surface area contributed by atoms with Crippen LogP contribution >= 0.6 is 0 Å². The Morgan fingerprint density at radius 3 is 2.67 bits per heavy atom. The van der Waals surface area contributed by atoms with Crippen molar-refractivity contribution in [3.63, 3.8) is 0 Å². The zero-order valence-electron chi connectivity index (χ0n) is 10.7. The van der Waals surface area contributed by atoms with Crippen LogP contribution < -0.4 is 0 Å². The van der Waals surface area contributed by atoms with Gasteiger partial charge in [0.1, 0.15) is 5.82 Å². The highest BCUT2D eigenvalue weighted by Gasteiger charge is 2.15. The maximum atomic E-state index is 13.0. The Hall–Kier alpha value is -1.26. The van der Waals surface area contributed by atoms with E-state index in [1.54, 1.807) is 12.1 Å². The lowest BCUT2D eigenvalue weighted by Crippen LogP contribution is -2.45. The Kier molecular flexibility index (Phi) is 4.44. The molecule has 0 aromatic heterocycles. The maximum Gasteiger partial charge on any atom is 0.164 e. The predicted octanol–water partition coefficient (Wildman–Crippen LogP) is 1.65. The summed E-state index contributed by atoms with van der Waals surface area (Å²) in [5, 5.41) is 0. The van der Waals surface area contributed by atoms with Crippen molar-refractivity contribution in [2.45, 2.75) is 6.42 Å². The first kappa shape index (κ1) is 13.2. The Bertz CT molecular complexity index is 414. The maximum absolute atomic E-state index is 13.0. The molecule has 0 spiro atoms. The van der Waals surface area contributed by atoms with Gasteiger partial charge in [0.05, 0.1) is 0 Å². The van der Waals surface area contributed by atoms with Crippen molar-refractivity contribution in [3.05, 3.63) is 35.6 Å². The summed E-state index contributed by atoms with van der Waals surface area (Å²) in [5.41, 5.74) is 0.476. The molecule has 3 nitrogen and oxygen atoms in total. The molecule has 1 aromatic rings. The molecule has 0 atom stereocenters. The molecule has 0 aliphatic carbocycles. The second kappa shape index (κ2) is 6.07. The molecule has 2 rings (SSSR count). The number of benzene rings is 1. The average molecular weight is 250 g/mol. The highest BCUT2D eigenvalue weighted by Crippen LogP contribution is 2.08. The van der Waals surface area contributed by atoms with Crippen LogP contribution in [-0.4, -0.2) is 55.4 Å². The molecule has 0 bridgehead atoms. The molecular formula is C14H19FN2O. The lowest BCUT2D eigenvalue weighted by molar-refractivity contribution is 0.0941. The summed E-state index contributed by atoms with van der Waals surface area (Å²) in [5.74, 6) is -0.325. The van der Waals surface area contributed by atoms with Gasteiger partial charge >= 0.3 is 0 Å². The highest BCUT2D eigenvalue weighted by atomic mass is 19.1. The van der Waals surface area contributed by atoms with E-state index in [0.29, 0.717) is 12.0 Å². The van der Waals surface area contributed by atoms with Crippen molar-refractivity contribution in [2.24, 2.45) is 0 Å². The van der Waals surface area contributed by atoms with Gasteiger partial charge in [-0.3, -0.25) is 4.79 Å². The van der Waals surface area contributed by atoms with Gasteiger partial charge in [-0.1, -0.05) is 12.1 Å². The Morgan fingerprint density at radius 1 is 1.28 bits per heavy atom. The van der Waals surface area contributed by atoms with Crippen LogP contribution in [0.1, 0.15) is 16.8 Å².